The molecule has 3 aliphatic rings. The number of esters is 1. The molecule has 0 heterocycles. The Morgan fingerprint density at radius 1 is 0.815 bits per heavy atom. The van der Waals surface area contributed by atoms with Gasteiger partial charge in [-0.15, -0.1) is 0 Å². The number of ether oxygens (including phenoxy) is 1. The molecule has 1 aromatic rings. The number of carbonyl (C=O) groups excluding carboxylic acids is 1. The molecule has 148 valence electrons. The highest BCUT2D eigenvalue weighted by Crippen LogP contribution is 2.49. The fourth-order valence-electron chi connectivity index (χ4n) is 6.12. The number of fused-ring (bicyclic) bond motifs is 1. The molecular weight excluding hydrogens is 339 g/mol. The zero-order valence-corrected chi connectivity index (χ0v) is 16.5. The first-order valence-corrected chi connectivity index (χ1v) is 11.1. The molecule has 0 N–H and O–H groups in total. The number of halogens is 1. The lowest BCUT2D eigenvalue weighted by Gasteiger charge is -2.44. The average molecular weight is 373 g/mol. The summed E-state index contributed by atoms with van der Waals surface area (Å²) >= 11 is 0. The monoisotopic (exact) mass is 372 g/mol. The van der Waals surface area contributed by atoms with Gasteiger partial charge >= 0.3 is 5.97 Å². The van der Waals surface area contributed by atoms with Crippen molar-refractivity contribution >= 4 is 5.97 Å². The Morgan fingerprint density at radius 2 is 1.37 bits per heavy atom. The lowest BCUT2D eigenvalue weighted by molar-refractivity contribution is -0.140. The molecule has 0 saturated heterocycles. The first kappa shape index (κ1) is 19.0. The topological polar surface area (TPSA) is 26.3 Å². The number of carbonyl (C=O) groups is 1. The van der Waals surface area contributed by atoms with Gasteiger partial charge in [0, 0.05) is 0 Å². The number of rotatable bonds is 3. The Balaban J connectivity index is 1.25. The Bertz CT molecular complexity index is 632. The van der Waals surface area contributed by atoms with E-state index in [2.05, 4.69) is 6.92 Å². The molecule has 0 spiro atoms. The van der Waals surface area contributed by atoms with Crippen LogP contribution in [0.1, 0.15) is 71.1 Å². The summed E-state index contributed by atoms with van der Waals surface area (Å²) in [7, 11) is 0. The van der Waals surface area contributed by atoms with Crippen LogP contribution in [0.25, 0.3) is 0 Å². The van der Waals surface area contributed by atoms with Gasteiger partial charge in [-0.1, -0.05) is 13.3 Å². The van der Waals surface area contributed by atoms with Crippen molar-refractivity contribution in [3.8, 4) is 5.75 Å². The largest absolute Gasteiger partial charge is 0.426 e. The van der Waals surface area contributed by atoms with Crippen molar-refractivity contribution in [2.45, 2.75) is 71.1 Å². The molecule has 1 aromatic carbocycles. The second-order valence-corrected chi connectivity index (χ2v) is 9.50. The van der Waals surface area contributed by atoms with Crippen molar-refractivity contribution in [3.05, 3.63) is 30.1 Å². The van der Waals surface area contributed by atoms with Crippen molar-refractivity contribution in [1.29, 1.82) is 0 Å². The van der Waals surface area contributed by atoms with E-state index >= 15 is 0 Å². The minimum Gasteiger partial charge on any atom is -0.426 e. The van der Waals surface area contributed by atoms with Crippen molar-refractivity contribution in [2.24, 2.45) is 35.5 Å². The first-order chi connectivity index (χ1) is 13.1. The maximum Gasteiger partial charge on any atom is 0.314 e. The summed E-state index contributed by atoms with van der Waals surface area (Å²) in [6, 6.07) is 5.73. The zero-order chi connectivity index (χ0) is 18.8. The minimum atomic E-state index is -0.308. The van der Waals surface area contributed by atoms with Crippen LogP contribution in [0.15, 0.2) is 24.3 Å². The van der Waals surface area contributed by atoms with Gasteiger partial charge in [-0.25, -0.2) is 4.39 Å². The average Bonchev–Trinajstić information content (AvgIpc) is 2.69. The second kappa shape index (κ2) is 8.32. The highest BCUT2D eigenvalue weighted by Gasteiger charge is 2.38. The molecule has 4 atom stereocenters. The van der Waals surface area contributed by atoms with Crippen LogP contribution in [0.2, 0.25) is 0 Å². The fraction of sp³-hybridized carbons (Fsp3) is 0.708. The van der Waals surface area contributed by atoms with Crippen LogP contribution in [-0.4, -0.2) is 5.97 Å². The van der Waals surface area contributed by atoms with E-state index in [-0.39, 0.29) is 17.7 Å². The Kier molecular flexibility index (Phi) is 5.85. The minimum absolute atomic E-state index is 0.0122. The van der Waals surface area contributed by atoms with Crippen LogP contribution in [0, 0.1) is 41.3 Å². The van der Waals surface area contributed by atoms with Crippen LogP contribution < -0.4 is 4.74 Å². The predicted octanol–water partition coefficient (Wildman–Crippen LogP) is 6.39. The third-order valence-corrected chi connectivity index (χ3v) is 7.72. The number of hydrogen-bond donors (Lipinski definition) is 0. The van der Waals surface area contributed by atoms with Gasteiger partial charge in [0.05, 0.1) is 5.92 Å². The number of benzene rings is 1. The Labute approximate surface area is 162 Å². The third kappa shape index (κ3) is 4.55. The lowest BCUT2D eigenvalue weighted by Crippen LogP contribution is -2.35. The van der Waals surface area contributed by atoms with Gasteiger partial charge in [0.1, 0.15) is 11.6 Å². The molecule has 3 saturated carbocycles. The standard InChI is InChI=1S/C24H33FO2/c1-16-2-3-21-15-20(9-8-19(21)14-16)17-4-6-18(7-5-17)24(26)27-23-12-10-22(25)11-13-23/h10-13,16-21H,2-9,14-15H2,1H3. The van der Waals surface area contributed by atoms with Crippen LogP contribution >= 0.6 is 0 Å². The normalized spacial score (nSPS) is 36.7. The van der Waals surface area contributed by atoms with Crippen LogP contribution in [0.4, 0.5) is 4.39 Å². The molecule has 0 amide bonds. The summed E-state index contributed by atoms with van der Waals surface area (Å²) in [6.07, 6.45) is 12.8. The second-order valence-electron chi connectivity index (χ2n) is 9.50. The maximum absolute atomic E-state index is 13.0. The predicted molar refractivity (Wildman–Crippen MR) is 105 cm³/mol. The molecule has 2 nitrogen and oxygen atoms in total. The van der Waals surface area contributed by atoms with Crippen LogP contribution in [0.5, 0.6) is 5.75 Å². The van der Waals surface area contributed by atoms with E-state index in [0.717, 1.165) is 42.4 Å². The van der Waals surface area contributed by atoms with Crippen molar-refractivity contribution < 1.29 is 13.9 Å². The van der Waals surface area contributed by atoms with Gasteiger partial charge in [-0.3, -0.25) is 4.79 Å². The van der Waals surface area contributed by atoms with Gasteiger partial charge < -0.3 is 4.74 Å². The summed E-state index contributed by atoms with van der Waals surface area (Å²) in [6.45, 7) is 2.43. The van der Waals surface area contributed by atoms with E-state index in [9.17, 15) is 9.18 Å². The molecule has 0 radical (unpaired) electrons. The van der Waals surface area contributed by atoms with E-state index in [1.807, 2.05) is 0 Å². The van der Waals surface area contributed by atoms with E-state index in [4.69, 9.17) is 4.74 Å². The summed E-state index contributed by atoms with van der Waals surface area (Å²) < 4.78 is 18.4. The van der Waals surface area contributed by atoms with E-state index in [0.29, 0.717) is 5.75 Å². The molecule has 4 rings (SSSR count). The van der Waals surface area contributed by atoms with Gasteiger partial charge in [0.25, 0.3) is 0 Å². The molecule has 0 aliphatic heterocycles. The molecule has 3 aliphatic carbocycles. The summed E-state index contributed by atoms with van der Waals surface area (Å²) in [4.78, 5) is 12.4. The first-order valence-electron chi connectivity index (χ1n) is 11.1. The van der Waals surface area contributed by atoms with Gasteiger partial charge in [0.2, 0.25) is 0 Å². The zero-order valence-electron chi connectivity index (χ0n) is 16.5. The van der Waals surface area contributed by atoms with Crippen LogP contribution in [0.3, 0.4) is 0 Å². The molecular formula is C24H33FO2. The highest BCUT2D eigenvalue weighted by atomic mass is 19.1. The Morgan fingerprint density at radius 3 is 2.07 bits per heavy atom. The molecule has 27 heavy (non-hydrogen) atoms. The molecule has 3 heteroatoms. The molecule has 0 bridgehead atoms. The summed E-state index contributed by atoms with van der Waals surface area (Å²) in [5.74, 6) is 4.61. The molecule has 3 fully saturated rings. The summed E-state index contributed by atoms with van der Waals surface area (Å²) in [5.41, 5.74) is 0. The molecule has 0 aromatic heterocycles. The fourth-order valence-corrected chi connectivity index (χ4v) is 6.12. The number of hydrogen-bond acceptors (Lipinski definition) is 2. The van der Waals surface area contributed by atoms with Crippen molar-refractivity contribution in [2.75, 3.05) is 0 Å². The van der Waals surface area contributed by atoms with Crippen LogP contribution in [-0.2, 0) is 4.79 Å². The van der Waals surface area contributed by atoms with Gasteiger partial charge in [0.15, 0.2) is 0 Å². The van der Waals surface area contributed by atoms with Crippen molar-refractivity contribution in [3.63, 3.8) is 0 Å². The summed E-state index contributed by atoms with van der Waals surface area (Å²) in [5, 5.41) is 0. The molecule has 4 unspecified atom stereocenters. The smallest absolute Gasteiger partial charge is 0.314 e. The van der Waals surface area contributed by atoms with Crippen molar-refractivity contribution in [1.82, 2.24) is 0 Å². The van der Waals surface area contributed by atoms with E-state index in [1.54, 1.807) is 0 Å². The Hall–Kier alpha value is -1.38. The van der Waals surface area contributed by atoms with E-state index < -0.39 is 0 Å². The third-order valence-electron chi connectivity index (χ3n) is 7.72. The van der Waals surface area contributed by atoms with Gasteiger partial charge in [-0.2, -0.15) is 0 Å². The quantitative estimate of drug-likeness (QED) is 0.454. The highest BCUT2D eigenvalue weighted by molar-refractivity contribution is 5.75. The van der Waals surface area contributed by atoms with Gasteiger partial charge in [-0.05, 0) is 112 Å². The van der Waals surface area contributed by atoms with E-state index in [1.165, 1.54) is 75.6 Å². The lowest BCUT2D eigenvalue weighted by atomic mass is 9.61. The SMILES string of the molecule is CC1CCC2CC(C3CCC(C(=O)Oc4ccc(F)cc4)CC3)CCC2C1. The maximum atomic E-state index is 13.0.